The van der Waals surface area contributed by atoms with Crippen LogP contribution in [0.1, 0.15) is 55.8 Å². The second-order valence-corrected chi connectivity index (χ2v) is 14.5. The third kappa shape index (κ3) is 5.04. The summed E-state index contributed by atoms with van der Waals surface area (Å²) in [6.45, 7) is 3.37. The van der Waals surface area contributed by atoms with Gasteiger partial charge in [0.15, 0.2) is 5.82 Å². The summed E-state index contributed by atoms with van der Waals surface area (Å²) in [7, 11) is 0.108. The first-order valence-corrected chi connectivity index (χ1v) is 17.0. The van der Waals surface area contributed by atoms with Crippen LogP contribution in [0, 0.1) is 5.92 Å². The Bertz CT molecular complexity index is 1850. The number of pyridine rings is 1. The monoisotopic (exact) mass is 605 g/mol. The minimum Gasteiger partial charge on any atom is -0.494 e. The molecule has 7 rings (SSSR count). The average Bonchev–Trinajstić information content (AvgIpc) is 3.90. The molecular formula is C31H39N7O4S. The number of amides is 1. The maximum absolute atomic E-state index is 13.7. The molecule has 43 heavy (non-hydrogen) atoms. The number of nitrogens with two attached hydrogens (primary N) is 1. The predicted molar refractivity (Wildman–Crippen MR) is 167 cm³/mol. The van der Waals surface area contributed by atoms with E-state index < -0.39 is 10.0 Å². The van der Waals surface area contributed by atoms with E-state index >= 15 is 0 Å². The van der Waals surface area contributed by atoms with Crippen molar-refractivity contribution in [2.75, 3.05) is 24.2 Å². The number of nitrogens with zero attached hydrogens (tertiary/aromatic N) is 6. The zero-order valence-corrected chi connectivity index (χ0v) is 26.0. The standard InChI is InChI=1S/C31H39N7O4S/c1-18-5-9-22(32)17-36(18)31(39)21-13-24-28(26(15-21)42-3)35(2)30(33-24)25-14-20-8-12-27(38(23-10-11-23)43(4,40)41)34-29(20)37(25)16-19-6-7-19/h8,12-15,18-19,22-23H,5-7,9-11,16-17,32H2,1-4H3/t18-,22+/m0/s1. The van der Waals surface area contributed by atoms with Crippen LogP contribution >= 0.6 is 0 Å². The van der Waals surface area contributed by atoms with E-state index in [1.165, 1.54) is 10.6 Å². The SMILES string of the molecule is COc1cc(C(=O)N2C[C@H](N)CC[C@@H]2C)cc2nc(-c3cc4ccc(N(C5CC5)S(C)(=O)=O)nc4n3CC3CC3)n(C)c12. The molecule has 228 valence electrons. The van der Waals surface area contributed by atoms with Gasteiger partial charge in [-0.2, -0.15) is 0 Å². The van der Waals surface area contributed by atoms with Gasteiger partial charge in [0.25, 0.3) is 5.91 Å². The van der Waals surface area contributed by atoms with Crippen molar-refractivity contribution in [3.05, 3.63) is 35.9 Å². The summed E-state index contributed by atoms with van der Waals surface area (Å²) in [4.78, 5) is 25.5. The van der Waals surface area contributed by atoms with Crippen LogP contribution in [0.15, 0.2) is 30.3 Å². The van der Waals surface area contributed by atoms with Crippen LogP contribution in [0.3, 0.4) is 0 Å². The molecule has 4 heterocycles. The Balaban J connectivity index is 1.35. The summed E-state index contributed by atoms with van der Waals surface area (Å²) < 4.78 is 36.8. The molecule has 0 unspecified atom stereocenters. The molecule has 0 spiro atoms. The fourth-order valence-corrected chi connectivity index (χ4v) is 7.70. The highest BCUT2D eigenvalue weighted by Crippen LogP contribution is 2.39. The number of likely N-dealkylation sites (tertiary alicyclic amines) is 1. The molecule has 3 fully saturated rings. The van der Waals surface area contributed by atoms with Crippen molar-refractivity contribution in [2.24, 2.45) is 18.7 Å². The van der Waals surface area contributed by atoms with Gasteiger partial charge in [-0.1, -0.05) is 0 Å². The summed E-state index contributed by atoms with van der Waals surface area (Å²) in [5.41, 5.74) is 9.85. The maximum atomic E-state index is 13.7. The second kappa shape index (κ2) is 10.2. The topological polar surface area (TPSA) is 129 Å². The van der Waals surface area contributed by atoms with E-state index in [1.54, 1.807) is 19.2 Å². The molecule has 0 bridgehead atoms. The summed E-state index contributed by atoms with van der Waals surface area (Å²) in [5.74, 6) is 2.24. The normalized spacial score (nSPS) is 21.1. The van der Waals surface area contributed by atoms with Gasteiger partial charge in [-0.25, -0.2) is 18.4 Å². The van der Waals surface area contributed by atoms with Gasteiger partial charge in [-0.15, -0.1) is 0 Å². The molecule has 12 heteroatoms. The molecule has 1 saturated heterocycles. The van der Waals surface area contributed by atoms with E-state index in [0.29, 0.717) is 35.1 Å². The number of methoxy groups -OCH3 is 1. The van der Waals surface area contributed by atoms with Gasteiger partial charge in [-0.05, 0) is 81.7 Å². The maximum Gasteiger partial charge on any atom is 0.254 e. The van der Waals surface area contributed by atoms with Crippen molar-refractivity contribution >= 4 is 43.8 Å². The highest BCUT2D eigenvalue weighted by Gasteiger charge is 2.37. The number of hydrogen-bond acceptors (Lipinski definition) is 7. The molecule has 4 aromatic rings. The van der Waals surface area contributed by atoms with Crippen LogP contribution in [0.2, 0.25) is 0 Å². The first kappa shape index (κ1) is 28.1. The fourth-order valence-electron chi connectivity index (χ4n) is 6.51. The third-order valence-electron chi connectivity index (χ3n) is 9.14. The zero-order valence-electron chi connectivity index (χ0n) is 25.2. The van der Waals surface area contributed by atoms with Gasteiger partial charge in [0.2, 0.25) is 10.0 Å². The van der Waals surface area contributed by atoms with Crippen molar-refractivity contribution in [3.8, 4) is 17.3 Å². The minimum absolute atomic E-state index is 0.0245. The Kier molecular flexibility index (Phi) is 6.69. The van der Waals surface area contributed by atoms with E-state index in [1.807, 2.05) is 28.6 Å². The molecule has 0 radical (unpaired) electrons. The van der Waals surface area contributed by atoms with E-state index in [0.717, 1.165) is 73.1 Å². The number of aromatic nitrogens is 4. The average molecular weight is 606 g/mol. The van der Waals surface area contributed by atoms with Crippen LogP contribution < -0.4 is 14.8 Å². The molecule has 1 amide bonds. The lowest BCUT2D eigenvalue weighted by Gasteiger charge is -2.36. The lowest BCUT2D eigenvalue weighted by molar-refractivity contribution is 0.0612. The quantitative estimate of drug-likeness (QED) is 0.323. The Hall–Kier alpha value is -3.64. The smallest absolute Gasteiger partial charge is 0.254 e. The Morgan fingerprint density at radius 1 is 1.09 bits per heavy atom. The Morgan fingerprint density at radius 3 is 2.53 bits per heavy atom. The second-order valence-electron chi connectivity index (χ2n) is 12.6. The predicted octanol–water partition coefficient (Wildman–Crippen LogP) is 3.89. The van der Waals surface area contributed by atoms with Crippen LogP contribution in [-0.4, -0.2) is 76.4 Å². The summed E-state index contributed by atoms with van der Waals surface area (Å²) in [6.07, 6.45) is 7.03. The van der Waals surface area contributed by atoms with Crippen LogP contribution in [-0.2, 0) is 23.6 Å². The fraction of sp³-hybridized carbons (Fsp3) is 0.516. The van der Waals surface area contributed by atoms with Crippen LogP contribution in [0.4, 0.5) is 5.82 Å². The summed E-state index contributed by atoms with van der Waals surface area (Å²) >= 11 is 0. The van der Waals surface area contributed by atoms with Crippen LogP contribution in [0.25, 0.3) is 33.6 Å². The molecule has 2 aliphatic carbocycles. The van der Waals surface area contributed by atoms with Crippen molar-refractivity contribution in [3.63, 3.8) is 0 Å². The van der Waals surface area contributed by atoms with Crippen molar-refractivity contribution in [1.82, 2.24) is 24.0 Å². The number of ether oxygens (including phenoxy) is 1. The highest BCUT2D eigenvalue weighted by atomic mass is 32.2. The Labute approximate surface area is 251 Å². The largest absolute Gasteiger partial charge is 0.494 e. The summed E-state index contributed by atoms with van der Waals surface area (Å²) in [6, 6.07) is 9.54. The first-order chi connectivity index (χ1) is 20.5. The van der Waals surface area contributed by atoms with Gasteiger partial charge in [0.1, 0.15) is 22.7 Å². The lowest BCUT2D eigenvalue weighted by Crippen LogP contribution is -2.50. The number of piperidine rings is 1. The van der Waals surface area contributed by atoms with E-state index in [9.17, 15) is 13.2 Å². The molecule has 2 atom stereocenters. The molecular weight excluding hydrogens is 566 g/mol. The number of hydrogen-bond donors (Lipinski definition) is 1. The van der Waals surface area contributed by atoms with Gasteiger partial charge in [-0.3, -0.25) is 9.10 Å². The van der Waals surface area contributed by atoms with Crippen molar-refractivity contribution in [2.45, 2.75) is 70.1 Å². The first-order valence-electron chi connectivity index (χ1n) is 15.1. The van der Waals surface area contributed by atoms with Crippen LogP contribution in [0.5, 0.6) is 5.75 Å². The summed E-state index contributed by atoms with van der Waals surface area (Å²) in [5, 5.41) is 0.925. The van der Waals surface area contributed by atoms with Gasteiger partial charge in [0, 0.05) is 49.2 Å². The minimum atomic E-state index is -3.46. The van der Waals surface area contributed by atoms with Crippen molar-refractivity contribution < 1.29 is 17.9 Å². The van der Waals surface area contributed by atoms with E-state index in [2.05, 4.69) is 17.6 Å². The molecule has 2 saturated carbocycles. The molecule has 11 nitrogen and oxygen atoms in total. The molecule has 2 N–H and O–H groups in total. The van der Waals surface area contributed by atoms with Gasteiger partial charge < -0.3 is 24.5 Å². The number of sulfonamides is 1. The third-order valence-corrected chi connectivity index (χ3v) is 10.3. The molecule has 3 aromatic heterocycles. The number of carbonyl (C=O) groups excluding carboxylic acids is 1. The number of imidazole rings is 1. The Morgan fingerprint density at radius 2 is 1.86 bits per heavy atom. The molecule has 3 aliphatic rings. The lowest BCUT2D eigenvalue weighted by atomic mass is 9.99. The van der Waals surface area contributed by atoms with Crippen molar-refractivity contribution in [1.29, 1.82) is 0 Å². The number of aryl methyl sites for hydroxylation is 1. The number of fused-ring (bicyclic) bond motifs is 2. The number of anilines is 1. The number of benzene rings is 1. The molecule has 1 aromatic carbocycles. The van der Waals surface area contributed by atoms with E-state index in [-0.39, 0.29) is 24.0 Å². The van der Waals surface area contributed by atoms with E-state index in [4.69, 9.17) is 20.4 Å². The van der Waals surface area contributed by atoms with Gasteiger partial charge >= 0.3 is 0 Å². The zero-order chi connectivity index (χ0) is 30.2. The number of rotatable bonds is 8. The molecule has 1 aliphatic heterocycles. The number of carbonyl (C=O) groups is 1. The highest BCUT2D eigenvalue weighted by molar-refractivity contribution is 7.92. The van der Waals surface area contributed by atoms with Gasteiger partial charge in [0.05, 0.1) is 24.6 Å².